The molecule has 1 aliphatic rings. The lowest BCUT2D eigenvalue weighted by Gasteiger charge is -2.32. The molecule has 0 fully saturated rings. The highest BCUT2D eigenvalue weighted by Gasteiger charge is 2.26. The standard InChI is InChI=1S/C20H23FO/c1-15-7-6-14-20(2,3)18(15)13-12-17(22)11-10-16-8-4-5-9-19(16)21/h4-5,8-13H,6-7,14H2,1-3H3/b11-10+,13-12+. The summed E-state index contributed by atoms with van der Waals surface area (Å²) in [6.07, 6.45) is 9.91. The maximum absolute atomic E-state index is 13.5. The van der Waals surface area contributed by atoms with Crippen LogP contribution in [0, 0.1) is 11.2 Å². The molecular formula is C20H23FO. The average molecular weight is 298 g/mol. The fourth-order valence-electron chi connectivity index (χ4n) is 3.01. The molecule has 0 unspecified atom stereocenters. The van der Waals surface area contributed by atoms with Gasteiger partial charge in [-0.2, -0.15) is 0 Å². The van der Waals surface area contributed by atoms with Crippen LogP contribution in [0.2, 0.25) is 0 Å². The minimum atomic E-state index is -0.317. The summed E-state index contributed by atoms with van der Waals surface area (Å²) in [5, 5.41) is 0. The molecule has 0 spiro atoms. The Morgan fingerprint density at radius 2 is 1.86 bits per heavy atom. The predicted molar refractivity (Wildman–Crippen MR) is 89.9 cm³/mol. The number of ketones is 1. The van der Waals surface area contributed by atoms with Gasteiger partial charge >= 0.3 is 0 Å². The van der Waals surface area contributed by atoms with E-state index in [4.69, 9.17) is 0 Å². The van der Waals surface area contributed by atoms with E-state index in [9.17, 15) is 9.18 Å². The summed E-state index contributed by atoms with van der Waals surface area (Å²) < 4.78 is 13.5. The van der Waals surface area contributed by atoms with E-state index < -0.39 is 0 Å². The lowest BCUT2D eigenvalue weighted by atomic mass is 9.72. The molecule has 0 radical (unpaired) electrons. The molecule has 1 aromatic rings. The Hall–Kier alpha value is -1.96. The molecular weight excluding hydrogens is 275 g/mol. The van der Waals surface area contributed by atoms with Crippen LogP contribution in [0.3, 0.4) is 0 Å². The zero-order chi connectivity index (χ0) is 16.2. The van der Waals surface area contributed by atoms with Gasteiger partial charge in [-0.15, -0.1) is 0 Å². The first-order chi connectivity index (χ1) is 10.4. The van der Waals surface area contributed by atoms with Crippen LogP contribution in [0.25, 0.3) is 6.08 Å². The zero-order valence-corrected chi connectivity index (χ0v) is 13.5. The molecule has 0 amide bonds. The summed E-state index contributed by atoms with van der Waals surface area (Å²) in [6, 6.07) is 6.43. The molecule has 1 aliphatic carbocycles. The zero-order valence-electron chi connectivity index (χ0n) is 13.5. The summed E-state index contributed by atoms with van der Waals surface area (Å²) in [5.74, 6) is -0.438. The fourth-order valence-corrected chi connectivity index (χ4v) is 3.01. The van der Waals surface area contributed by atoms with Gasteiger partial charge < -0.3 is 0 Å². The number of benzene rings is 1. The van der Waals surface area contributed by atoms with Gasteiger partial charge in [-0.25, -0.2) is 4.39 Å². The maximum atomic E-state index is 13.5. The quantitative estimate of drug-likeness (QED) is 0.672. The molecule has 0 saturated carbocycles. The normalized spacial score (nSPS) is 18.4. The van der Waals surface area contributed by atoms with Crippen molar-refractivity contribution in [1.29, 1.82) is 0 Å². The van der Waals surface area contributed by atoms with Gasteiger partial charge in [0.2, 0.25) is 0 Å². The highest BCUT2D eigenvalue weighted by Crippen LogP contribution is 2.40. The van der Waals surface area contributed by atoms with E-state index in [1.165, 1.54) is 35.8 Å². The Morgan fingerprint density at radius 3 is 2.55 bits per heavy atom. The van der Waals surface area contributed by atoms with Gasteiger partial charge in [0.25, 0.3) is 0 Å². The van der Waals surface area contributed by atoms with Gasteiger partial charge in [-0.3, -0.25) is 4.79 Å². The van der Waals surface area contributed by atoms with Gasteiger partial charge in [-0.05, 0) is 61.5 Å². The molecule has 0 heterocycles. The summed E-state index contributed by atoms with van der Waals surface area (Å²) >= 11 is 0. The van der Waals surface area contributed by atoms with Crippen molar-refractivity contribution in [2.24, 2.45) is 5.41 Å². The summed E-state index contributed by atoms with van der Waals surface area (Å²) in [4.78, 5) is 12.0. The fraction of sp³-hybridized carbons (Fsp3) is 0.350. The van der Waals surface area contributed by atoms with Crippen LogP contribution in [-0.2, 0) is 4.79 Å². The second kappa shape index (κ2) is 6.87. The first kappa shape index (κ1) is 16.4. The van der Waals surface area contributed by atoms with Crippen molar-refractivity contribution in [3.63, 3.8) is 0 Å². The number of allylic oxidation sites excluding steroid dienone is 5. The third kappa shape index (κ3) is 4.03. The Bertz CT molecular complexity index is 647. The molecule has 0 bridgehead atoms. The van der Waals surface area contributed by atoms with Crippen LogP contribution in [0.1, 0.15) is 45.6 Å². The molecule has 0 aliphatic heterocycles. The van der Waals surface area contributed by atoms with Crippen molar-refractivity contribution in [2.75, 3.05) is 0 Å². The summed E-state index contributed by atoms with van der Waals surface area (Å²) in [6.45, 7) is 6.57. The molecule has 22 heavy (non-hydrogen) atoms. The van der Waals surface area contributed by atoms with E-state index in [-0.39, 0.29) is 17.0 Å². The van der Waals surface area contributed by atoms with E-state index >= 15 is 0 Å². The van der Waals surface area contributed by atoms with Gasteiger partial charge in [0.05, 0.1) is 0 Å². The van der Waals surface area contributed by atoms with Gasteiger partial charge in [0.1, 0.15) is 5.82 Å². The topological polar surface area (TPSA) is 17.1 Å². The monoisotopic (exact) mass is 298 g/mol. The lowest BCUT2D eigenvalue weighted by Crippen LogP contribution is -2.19. The average Bonchev–Trinajstić information content (AvgIpc) is 2.45. The van der Waals surface area contributed by atoms with Crippen LogP contribution in [0.5, 0.6) is 0 Å². The van der Waals surface area contributed by atoms with Crippen LogP contribution in [0.4, 0.5) is 4.39 Å². The molecule has 1 nitrogen and oxygen atoms in total. The third-order valence-corrected chi connectivity index (χ3v) is 4.29. The molecule has 0 aromatic heterocycles. The number of carbonyl (C=O) groups excluding carboxylic acids is 1. The molecule has 2 rings (SSSR count). The highest BCUT2D eigenvalue weighted by molar-refractivity contribution is 6.02. The molecule has 0 saturated heterocycles. The third-order valence-electron chi connectivity index (χ3n) is 4.29. The Balaban J connectivity index is 2.10. The van der Waals surface area contributed by atoms with Crippen LogP contribution in [0.15, 0.2) is 53.6 Å². The number of rotatable bonds is 4. The molecule has 116 valence electrons. The Morgan fingerprint density at radius 1 is 1.18 bits per heavy atom. The van der Waals surface area contributed by atoms with Crippen LogP contribution >= 0.6 is 0 Å². The van der Waals surface area contributed by atoms with Crippen molar-refractivity contribution in [3.8, 4) is 0 Å². The van der Waals surface area contributed by atoms with Gasteiger partial charge in [0.15, 0.2) is 5.78 Å². The van der Waals surface area contributed by atoms with Crippen LogP contribution < -0.4 is 0 Å². The SMILES string of the molecule is CC1=C(/C=C/C(=O)/C=C/c2ccccc2F)C(C)(C)CCC1. The second-order valence-corrected chi connectivity index (χ2v) is 6.52. The van der Waals surface area contributed by atoms with Crippen molar-refractivity contribution in [3.05, 3.63) is 65.0 Å². The summed E-state index contributed by atoms with van der Waals surface area (Å²) in [5.41, 5.74) is 3.16. The smallest absolute Gasteiger partial charge is 0.178 e. The second-order valence-electron chi connectivity index (χ2n) is 6.52. The van der Waals surface area contributed by atoms with E-state index in [0.717, 1.165) is 12.8 Å². The maximum Gasteiger partial charge on any atom is 0.178 e. The van der Waals surface area contributed by atoms with Gasteiger partial charge in [0, 0.05) is 5.56 Å². The van der Waals surface area contributed by atoms with Crippen molar-refractivity contribution < 1.29 is 9.18 Å². The number of carbonyl (C=O) groups is 1. The van der Waals surface area contributed by atoms with Crippen molar-refractivity contribution >= 4 is 11.9 Å². The highest BCUT2D eigenvalue weighted by atomic mass is 19.1. The molecule has 2 heteroatoms. The Kier molecular flexibility index (Phi) is 5.12. The minimum absolute atomic E-state index is 0.119. The van der Waals surface area contributed by atoms with E-state index in [2.05, 4.69) is 20.8 Å². The lowest BCUT2D eigenvalue weighted by molar-refractivity contribution is -0.110. The largest absolute Gasteiger partial charge is 0.290 e. The van der Waals surface area contributed by atoms with Crippen molar-refractivity contribution in [2.45, 2.75) is 40.0 Å². The first-order valence-electron chi connectivity index (χ1n) is 7.75. The van der Waals surface area contributed by atoms with Gasteiger partial charge in [-0.1, -0.05) is 43.7 Å². The minimum Gasteiger partial charge on any atom is -0.290 e. The molecule has 0 atom stereocenters. The Labute approximate surface area is 132 Å². The molecule has 0 N–H and O–H groups in total. The van der Waals surface area contributed by atoms with E-state index in [1.807, 2.05) is 6.08 Å². The summed E-state index contributed by atoms with van der Waals surface area (Å²) in [7, 11) is 0. The van der Waals surface area contributed by atoms with Crippen LogP contribution in [-0.4, -0.2) is 5.78 Å². The molecule has 1 aromatic carbocycles. The number of hydrogen-bond acceptors (Lipinski definition) is 1. The first-order valence-corrected chi connectivity index (χ1v) is 7.75. The van der Waals surface area contributed by atoms with Crippen molar-refractivity contribution in [1.82, 2.24) is 0 Å². The number of halogens is 1. The predicted octanol–water partition coefficient (Wildman–Crippen LogP) is 5.49. The number of hydrogen-bond donors (Lipinski definition) is 0. The van der Waals surface area contributed by atoms with E-state index in [1.54, 1.807) is 24.3 Å². The van der Waals surface area contributed by atoms with E-state index in [0.29, 0.717) is 5.56 Å².